The Morgan fingerprint density at radius 1 is 1.48 bits per heavy atom. The van der Waals surface area contributed by atoms with Crippen LogP contribution in [0.25, 0.3) is 5.70 Å². The average Bonchev–Trinajstić information content (AvgIpc) is 2.52. The number of aliphatic hydroxyl groups excluding tert-OH is 1. The molecule has 0 amide bonds. The summed E-state index contributed by atoms with van der Waals surface area (Å²) in [6, 6.07) is 3.45. The lowest BCUT2D eigenvalue weighted by molar-refractivity contribution is -0.0263. The molecule has 25 heavy (non-hydrogen) atoms. The highest BCUT2D eigenvalue weighted by atomic mass is 19.3. The zero-order valence-corrected chi connectivity index (χ0v) is 15.0. The van der Waals surface area contributed by atoms with E-state index in [2.05, 4.69) is 4.98 Å². The van der Waals surface area contributed by atoms with E-state index in [4.69, 9.17) is 11.6 Å². The fourth-order valence-corrected chi connectivity index (χ4v) is 3.27. The maximum atomic E-state index is 13.9. The number of anilines is 1. The summed E-state index contributed by atoms with van der Waals surface area (Å²) >= 11 is 0. The minimum absolute atomic E-state index is 0.0884. The highest BCUT2D eigenvalue weighted by molar-refractivity contribution is 5.65. The number of nitrogens with two attached hydrogens (primary N) is 2. The number of aromatic nitrogens is 1. The van der Waals surface area contributed by atoms with Gasteiger partial charge in [0.1, 0.15) is 0 Å². The average molecular weight is 355 g/mol. The molecule has 0 bridgehead atoms. The number of nitrogens with zero attached hydrogens (tertiary/aromatic N) is 3. The molecule has 2 heterocycles. The molecule has 6 nitrogen and oxygen atoms in total. The van der Waals surface area contributed by atoms with Crippen molar-refractivity contribution in [3.8, 4) is 0 Å². The van der Waals surface area contributed by atoms with Crippen molar-refractivity contribution in [1.29, 1.82) is 0 Å². The molecule has 1 fully saturated rings. The van der Waals surface area contributed by atoms with Crippen molar-refractivity contribution in [2.75, 3.05) is 31.6 Å². The molecular weight excluding hydrogens is 328 g/mol. The van der Waals surface area contributed by atoms with E-state index < -0.39 is 5.92 Å². The number of aliphatic hydroxyl groups is 1. The molecule has 0 radical (unpaired) electrons. The van der Waals surface area contributed by atoms with Gasteiger partial charge < -0.3 is 20.7 Å². The van der Waals surface area contributed by atoms with Gasteiger partial charge >= 0.3 is 0 Å². The van der Waals surface area contributed by atoms with Crippen molar-refractivity contribution >= 4 is 11.4 Å². The summed E-state index contributed by atoms with van der Waals surface area (Å²) in [6.07, 6.45) is 0.495. The Kier molecular flexibility index (Phi) is 5.84. The number of pyridine rings is 1. The maximum absolute atomic E-state index is 13.9. The molecule has 1 aromatic heterocycles. The lowest BCUT2D eigenvalue weighted by Crippen LogP contribution is -2.46. The van der Waals surface area contributed by atoms with Gasteiger partial charge in [-0.05, 0) is 24.5 Å². The Hall–Kier alpha value is -1.93. The number of hydrogen-bond donors (Lipinski definition) is 3. The smallest absolute Gasteiger partial charge is 0.265 e. The Morgan fingerprint density at radius 2 is 2.16 bits per heavy atom. The number of likely N-dealkylation sites (N-methyl/N-ethyl adjacent to an activating group) is 1. The molecule has 0 saturated carbocycles. The fraction of sp³-hybridized carbons (Fsp3) is 0.588. The molecule has 5 N–H and O–H groups in total. The van der Waals surface area contributed by atoms with Gasteiger partial charge in [-0.3, -0.25) is 0 Å². The van der Waals surface area contributed by atoms with E-state index in [0.29, 0.717) is 35.7 Å². The van der Waals surface area contributed by atoms with Gasteiger partial charge in [0.25, 0.3) is 5.92 Å². The van der Waals surface area contributed by atoms with E-state index in [-0.39, 0.29) is 31.2 Å². The van der Waals surface area contributed by atoms with Crippen molar-refractivity contribution in [3.63, 3.8) is 0 Å². The zero-order chi connectivity index (χ0) is 18.8. The van der Waals surface area contributed by atoms with Crippen molar-refractivity contribution < 1.29 is 13.9 Å². The number of alkyl halides is 2. The van der Waals surface area contributed by atoms with Gasteiger partial charge in [0.15, 0.2) is 0 Å². The van der Waals surface area contributed by atoms with E-state index in [1.54, 1.807) is 24.1 Å². The van der Waals surface area contributed by atoms with Crippen LogP contribution < -0.4 is 16.5 Å². The van der Waals surface area contributed by atoms with E-state index in [1.165, 1.54) is 5.01 Å². The van der Waals surface area contributed by atoms with Gasteiger partial charge in [-0.2, -0.15) is 0 Å². The number of halogens is 2. The van der Waals surface area contributed by atoms with Gasteiger partial charge in [-0.15, -0.1) is 0 Å². The third-order valence-corrected chi connectivity index (χ3v) is 4.39. The summed E-state index contributed by atoms with van der Waals surface area (Å²) in [7, 11) is 1.57. The zero-order valence-electron chi connectivity index (χ0n) is 15.0. The van der Waals surface area contributed by atoms with Crippen LogP contribution >= 0.6 is 0 Å². The molecular formula is C17H27F2N5O. The third-order valence-electron chi connectivity index (χ3n) is 4.39. The van der Waals surface area contributed by atoms with Crippen LogP contribution in [-0.2, 0) is 6.42 Å². The summed E-state index contributed by atoms with van der Waals surface area (Å²) < 4.78 is 27.9. The Labute approximate surface area is 147 Å². The van der Waals surface area contributed by atoms with E-state index in [9.17, 15) is 13.9 Å². The molecule has 8 heteroatoms. The van der Waals surface area contributed by atoms with Gasteiger partial charge in [0.05, 0.1) is 41.6 Å². The number of hydrogen-bond acceptors (Lipinski definition) is 6. The van der Waals surface area contributed by atoms with Crippen LogP contribution in [0.15, 0.2) is 17.8 Å². The summed E-state index contributed by atoms with van der Waals surface area (Å²) in [5, 5.41) is 10.7. The monoisotopic (exact) mass is 355 g/mol. The van der Waals surface area contributed by atoms with Crippen molar-refractivity contribution in [2.45, 2.75) is 32.6 Å². The molecule has 1 aliphatic heterocycles. The molecule has 0 unspecified atom stereocenters. The lowest BCUT2D eigenvalue weighted by Gasteiger charge is -2.38. The Balaban J connectivity index is 2.40. The van der Waals surface area contributed by atoms with E-state index in [0.717, 1.165) is 0 Å². The van der Waals surface area contributed by atoms with Gasteiger partial charge in [-0.1, -0.05) is 13.8 Å². The Morgan fingerprint density at radius 3 is 2.68 bits per heavy atom. The van der Waals surface area contributed by atoms with Crippen LogP contribution in [0.2, 0.25) is 0 Å². The summed E-state index contributed by atoms with van der Waals surface area (Å²) in [5.41, 5.74) is 8.56. The van der Waals surface area contributed by atoms with Crippen LogP contribution in [0.5, 0.6) is 0 Å². The molecule has 0 aromatic carbocycles. The highest BCUT2D eigenvalue weighted by Gasteiger charge is 2.39. The second-order valence-electron chi connectivity index (χ2n) is 6.69. The lowest BCUT2D eigenvalue weighted by atomic mass is 9.96. The number of aryl methyl sites for hydroxylation is 1. The standard InChI is InChI=1S/C17H27F2N5O/c1-4-12-14(24-8-11(2)7-17(18,19)10-24)6-5-13(22-12)16(20)15(9-25)23(3)21/h5-6,11,25H,4,7-10,20-21H2,1-3H3/b16-15-/t11-/m0/s1. The first-order valence-electron chi connectivity index (χ1n) is 8.39. The molecule has 2 rings (SSSR count). The molecule has 0 spiro atoms. The first kappa shape index (κ1) is 19.4. The molecule has 0 aliphatic carbocycles. The topological polar surface area (TPSA) is 91.6 Å². The SMILES string of the molecule is CCc1nc(/C(N)=C(\CO)N(C)N)ccc1N1C[C@@H](C)CC(F)(F)C1. The van der Waals surface area contributed by atoms with E-state index >= 15 is 0 Å². The highest BCUT2D eigenvalue weighted by Crippen LogP contribution is 2.34. The predicted octanol–water partition coefficient (Wildman–Crippen LogP) is 1.55. The summed E-state index contributed by atoms with van der Waals surface area (Å²) in [4.78, 5) is 6.23. The first-order chi connectivity index (χ1) is 11.7. The van der Waals surface area contributed by atoms with Gasteiger partial charge in [0, 0.05) is 20.0 Å². The van der Waals surface area contributed by atoms with Crippen LogP contribution in [0.1, 0.15) is 31.7 Å². The molecule has 1 aromatic rings. The maximum Gasteiger partial charge on any atom is 0.265 e. The van der Waals surface area contributed by atoms with Crippen molar-refractivity contribution in [3.05, 3.63) is 29.2 Å². The quantitative estimate of drug-likeness (QED) is 0.548. The number of piperidine rings is 1. The van der Waals surface area contributed by atoms with Gasteiger partial charge in [0.2, 0.25) is 0 Å². The number of rotatable bonds is 5. The molecule has 1 aliphatic rings. The van der Waals surface area contributed by atoms with Crippen LogP contribution in [0, 0.1) is 5.92 Å². The molecule has 140 valence electrons. The minimum atomic E-state index is -2.70. The first-order valence-corrected chi connectivity index (χ1v) is 8.39. The normalized spacial score (nSPS) is 21.1. The van der Waals surface area contributed by atoms with Crippen molar-refractivity contribution in [2.24, 2.45) is 17.5 Å². The Bertz CT molecular complexity index is 648. The second-order valence-corrected chi connectivity index (χ2v) is 6.69. The van der Waals surface area contributed by atoms with E-state index in [1.807, 2.05) is 13.8 Å². The molecule has 1 atom stereocenters. The largest absolute Gasteiger partial charge is 0.395 e. The second kappa shape index (κ2) is 7.53. The van der Waals surface area contributed by atoms with Crippen LogP contribution in [0.3, 0.4) is 0 Å². The predicted molar refractivity (Wildman–Crippen MR) is 94.7 cm³/mol. The minimum Gasteiger partial charge on any atom is -0.395 e. The third kappa shape index (κ3) is 4.38. The summed E-state index contributed by atoms with van der Waals surface area (Å²) in [6.45, 7) is 3.70. The number of hydrazine groups is 1. The van der Waals surface area contributed by atoms with Gasteiger partial charge in [-0.25, -0.2) is 19.6 Å². The van der Waals surface area contributed by atoms with Crippen molar-refractivity contribution in [1.82, 2.24) is 9.99 Å². The van der Waals surface area contributed by atoms with Crippen LogP contribution in [-0.4, -0.2) is 47.8 Å². The summed E-state index contributed by atoms with van der Waals surface area (Å²) in [5.74, 6) is 2.87. The fourth-order valence-electron chi connectivity index (χ4n) is 3.27. The van der Waals surface area contributed by atoms with Crippen LogP contribution in [0.4, 0.5) is 14.5 Å². The molecule has 1 saturated heterocycles.